The Kier molecular flexibility index (Phi) is 8.73. The third-order valence-corrected chi connectivity index (χ3v) is 10.3. The largest absolute Gasteiger partial charge is 0.141 e. The minimum absolute atomic E-state index is 0.552. The van der Waals surface area contributed by atoms with Crippen molar-refractivity contribution in [1.82, 2.24) is 0 Å². The maximum absolute atomic E-state index is 6.21. The fraction of sp³-hybridized carbons (Fsp3) is 0.543. The lowest BCUT2D eigenvalue weighted by molar-refractivity contribution is 0.386. The molecule has 0 aromatic heterocycles. The molecule has 0 spiro atoms. The quantitative estimate of drug-likeness (QED) is 0.240. The minimum atomic E-state index is -0.750. The molecule has 13 unspecified atom stereocenters. The van der Waals surface area contributed by atoms with E-state index in [1.807, 2.05) is 9.24 Å². The van der Waals surface area contributed by atoms with E-state index in [0.717, 1.165) is 41.9 Å². The molecule has 0 radical (unpaired) electrons. The summed E-state index contributed by atoms with van der Waals surface area (Å²) < 4.78 is 12.4. The van der Waals surface area contributed by atoms with Crippen LogP contribution < -0.4 is 0 Å². The van der Waals surface area contributed by atoms with Crippen molar-refractivity contribution >= 4 is 9.24 Å². The molecule has 0 saturated heterocycles. The monoisotopic (exact) mass is 502 g/mol. The van der Waals surface area contributed by atoms with Gasteiger partial charge in [0.2, 0.25) is 0 Å². The second-order valence-electron chi connectivity index (χ2n) is 11.7. The van der Waals surface area contributed by atoms with E-state index in [2.05, 4.69) is 99.2 Å². The highest BCUT2D eigenvalue weighted by Gasteiger charge is 2.44. The van der Waals surface area contributed by atoms with Gasteiger partial charge in [0.1, 0.15) is 0 Å². The normalized spacial score (nSPS) is 45.4. The summed E-state index contributed by atoms with van der Waals surface area (Å²) in [6, 6.07) is 0. The van der Waals surface area contributed by atoms with E-state index in [-0.39, 0.29) is 0 Å². The van der Waals surface area contributed by atoms with Crippen LogP contribution in [0.1, 0.15) is 41.3 Å². The summed E-state index contributed by atoms with van der Waals surface area (Å²) in [4.78, 5) is 0. The molecule has 36 heavy (non-hydrogen) atoms. The molecule has 6 aliphatic rings. The Hall–Kier alpha value is -1.65. The summed E-state index contributed by atoms with van der Waals surface area (Å²) in [7, 11) is 1.99. The second-order valence-corrected chi connectivity index (χ2v) is 11.7. The van der Waals surface area contributed by atoms with E-state index < -0.39 is 6.62 Å². The molecule has 6 aliphatic carbocycles. The van der Waals surface area contributed by atoms with Crippen LogP contribution in [0.2, 0.25) is 0 Å². The lowest BCUT2D eigenvalue weighted by Gasteiger charge is -2.21. The highest BCUT2D eigenvalue weighted by Crippen LogP contribution is 2.53. The average Bonchev–Trinajstić information content (AvgIpc) is 3.71. The maximum Gasteiger partial charge on any atom is 0.0274 e. The van der Waals surface area contributed by atoms with E-state index in [0.29, 0.717) is 35.5 Å². The summed E-state index contributed by atoms with van der Waals surface area (Å²) in [5.74, 6) is 9.09. The zero-order valence-corrected chi connectivity index (χ0v) is 23.2. The van der Waals surface area contributed by atoms with Crippen LogP contribution in [0.3, 0.4) is 0 Å². The van der Waals surface area contributed by atoms with Crippen LogP contribution in [0.25, 0.3) is 0 Å². The number of hydrogen-bond donors (Lipinski definition) is 0. The van der Waals surface area contributed by atoms with Crippen LogP contribution in [0.15, 0.2) is 99.2 Å². The highest BCUT2D eigenvalue weighted by atomic mass is 31.0. The Balaban J connectivity index is 0.000000195. The summed E-state index contributed by atoms with van der Waals surface area (Å²) >= 11 is 0. The molecule has 0 amide bonds. The Morgan fingerprint density at radius 2 is 1.39 bits per heavy atom. The van der Waals surface area contributed by atoms with Gasteiger partial charge in [0.05, 0.1) is 0 Å². The van der Waals surface area contributed by atoms with Gasteiger partial charge in [-0.3, -0.25) is 0 Å². The van der Waals surface area contributed by atoms with Gasteiger partial charge in [-0.1, -0.05) is 79.5 Å². The first-order valence-corrected chi connectivity index (χ1v) is 14.9. The Labute approximate surface area is 227 Å². The van der Waals surface area contributed by atoms with Crippen LogP contribution in [0.4, 0.5) is 0 Å². The summed E-state index contributed by atoms with van der Waals surface area (Å²) in [6.45, 7) is 15.5. The van der Waals surface area contributed by atoms with Crippen LogP contribution in [0, 0.1) is 71.0 Å². The second kappa shape index (κ2) is 12.7. The molecule has 13 atom stereocenters. The lowest BCUT2D eigenvalue weighted by atomic mass is 9.83. The fourth-order valence-corrected chi connectivity index (χ4v) is 8.59. The smallest absolute Gasteiger partial charge is 0.0274 e. The predicted molar refractivity (Wildman–Crippen MR) is 163 cm³/mol. The van der Waals surface area contributed by atoms with Gasteiger partial charge in [0.15, 0.2) is 0 Å². The SMILES string of the molecule is C1=CC2C3C=CC(C3)C2C1.C=CCC1C(C=C)CC(/C=C\C2CC(C=C)C3C=CCC23)C1C=C.[2H]C([2H])P. The van der Waals surface area contributed by atoms with Crippen molar-refractivity contribution in [1.29, 1.82) is 0 Å². The molecule has 2 bridgehead atoms. The minimum Gasteiger partial charge on any atom is -0.141 e. The summed E-state index contributed by atoms with van der Waals surface area (Å²) in [5.41, 5.74) is 0. The first-order chi connectivity index (χ1) is 18.4. The Morgan fingerprint density at radius 3 is 2.06 bits per heavy atom. The molecule has 0 aliphatic heterocycles. The summed E-state index contributed by atoms with van der Waals surface area (Å²) in [6.07, 6.45) is 35.7. The van der Waals surface area contributed by atoms with Crippen molar-refractivity contribution in [3.8, 4) is 0 Å². The number of rotatable bonds is 7. The van der Waals surface area contributed by atoms with Gasteiger partial charge >= 0.3 is 0 Å². The van der Waals surface area contributed by atoms with Crippen LogP contribution in [-0.2, 0) is 0 Å². The molecule has 0 N–H and O–H groups in total. The molecule has 0 heterocycles. The van der Waals surface area contributed by atoms with E-state index >= 15 is 0 Å². The summed E-state index contributed by atoms with van der Waals surface area (Å²) in [5, 5.41) is 0. The topological polar surface area (TPSA) is 0 Å². The van der Waals surface area contributed by atoms with Crippen LogP contribution >= 0.6 is 9.24 Å². The van der Waals surface area contributed by atoms with Gasteiger partial charge in [-0.2, -0.15) is 0 Å². The molecular formula is C35H49P. The van der Waals surface area contributed by atoms with E-state index in [4.69, 9.17) is 2.74 Å². The van der Waals surface area contributed by atoms with Crippen molar-refractivity contribution in [3.05, 3.63) is 99.2 Å². The predicted octanol–water partition coefficient (Wildman–Crippen LogP) is 9.25. The van der Waals surface area contributed by atoms with Gasteiger partial charge < -0.3 is 0 Å². The van der Waals surface area contributed by atoms with Crippen molar-refractivity contribution in [2.24, 2.45) is 71.0 Å². The van der Waals surface area contributed by atoms with Crippen molar-refractivity contribution < 1.29 is 2.74 Å². The molecule has 3 saturated carbocycles. The van der Waals surface area contributed by atoms with Crippen LogP contribution in [0.5, 0.6) is 0 Å². The van der Waals surface area contributed by atoms with E-state index in [1.165, 1.54) is 32.1 Å². The molecule has 0 aromatic rings. The first kappa shape index (κ1) is 24.7. The third-order valence-electron chi connectivity index (χ3n) is 10.3. The average molecular weight is 503 g/mol. The Bertz CT molecular complexity index is 954. The van der Waals surface area contributed by atoms with Crippen molar-refractivity contribution in [2.75, 3.05) is 6.62 Å². The van der Waals surface area contributed by atoms with Gasteiger partial charge in [0.25, 0.3) is 0 Å². The zero-order chi connectivity index (χ0) is 27.2. The van der Waals surface area contributed by atoms with Gasteiger partial charge in [-0.05, 0) is 110 Å². The molecule has 194 valence electrons. The highest BCUT2D eigenvalue weighted by molar-refractivity contribution is 7.15. The zero-order valence-electron chi connectivity index (χ0n) is 24.1. The standard InChI is InChI=1S/C24H32.C10H12.CH5P/c1-5-10-22-17(6-2)15-19(21(22)8-4)13-14-20-16-18(7-3)23-11-9-12-24(20)23;1-2-9-7-4-5-8(6-7)10(9)3-1;1-2/h5-9,11,13-14,17-24H,1-4,10,12,15-16H2;1-2,4-5,7-10H,3,6H2;2H2,1H3/b14-13-;;/i;;1D2. The number of hydrogen-bond acceptors (Lipinski definition) is 0. The Morgan fingerprint density at radius 1 is 0.750 bits per heavy atom. The maximum atomic E-state index is 6.21. The number of allylic oxidation sites excluding steroid dienone is 12. The van der Waals surface area contributed by atoms with Crippen molar-refractivity contribution in [2.45, 2.75) is 38.5 Å². The van der Waals surface area contributed by atoms with Crippen LogP contribution in [-0.4, -0.2) is 6.62 Å². The van der Waals surface area contributed by atoms with Gasteiger partial charge in [0, 0.05) is 2.74 Å². The molecule has 0 nitrogen and oxygen atoms in total. The third kappa shape index (κ3) is 5.31. The van der Waals surface area contributed by atoms with Gasteiger partial charge in [-0.25, -0.2) is 0 Å². The molecular weight excluding hydrogens is 451 g/mol. The lowest BCUT2D eigenvalue weighted by Crippen LogP contribution is -2.14. The molecule has 0 aromatic carbocycles. The molecule has 3 fully saturated rings. The molecule has 1 heteroatoms. The number of fused-ring (bicyclic) bond motifs is 6. The van der Waals surface area contributed by atoms with Crippen molar-refractivity contribution in [3.63, 3.8) is 0 Å². The van der Waals surface area contributed by atoms with E-state index in [9.17, 15) is 0 Å². The first-order valence-electron chi connectivity index (χ1n) is 15.4. The fourth-order valence-electron chi connectivity index (χ4n) is 8.59. The molecule has 6 rings (SSSR count). The van der Waals surface area contributed by atoms with Gasteiger partial charge in [-0.15, -0.1) is 35.6 Å². The van der Waals surface area contributed by atoms with E-state index in [1.54, 1.807) is 0 Å².